The molecule has 2 aliphatic heterocycles. The van der Waals surface area contributed by atoms with Gasteiger partial charge in [0, 0.05) is 19.1 Å². The van der Waals surface area contributed by atoms with Crippen LogP contribution in [0.15, 0.2) is 18.3 Å². The van der Waals surface area contributed by atoms with Crippen molar-refractivity contribution in [3.05, 3.63) is 18.3 Å². The van der Waals surface area contributed by atoms with E-state index in [0.29, 0.717) is 6.04 Å². The third kappa shape index (κ3) is 3.41. The summed E-state index contributed by atoms with van der Waals surface area (Å²) >= 11 is 0. The van der Waals surface area contributed by atoms with E-state index in [1.54, 1.807) is 0 Å². The molecule has 0 radical (unpaired) electrons. The molecular formula is C15H24N4O. The third-order valence-electron chi connectivity index (χ3n) is 4.17. The molecule has 5 nitrogen and oxygen atoms in total. The third-order valence-corrected chi connectivity index (χ3v) is 4.17. The Morgan fingerprint density at radius 1 is 1.15 bits per heavy atom. The van der Waals surface area contributed by atoms with E-state index >= 15 is 0 Å². The zero-order valence-corrected chi connectivity index (χ0v) is 12.2. The minimum absolute atomic E-state index is 0.585. The normalized spacial score (nSPS) is 21.9. The largest absolute Gasteiger partial charge is 0.381 e. The highest BCUT2D eigenvalue weighted by Gasteiger charge is 2.17. The molecule has 0 bridgehead atoms. The van der Waals surface area contributed by atoms with Crippen LogP contribution in [0.2, 0.25) is 0 Å². The Bertz CT molecular complexity index is 408. The molecule has 3 rings (SSSR count). The Morgan fingerprint density at radius 3 is 2.55 bits per heavy atom. The van der Waals surface area contributed by atoms with Crippen LogP contribution in [0.3, 0.4) is 0 Å². The number of anilines is 2. The van der Waals surface area contributed by atoms with Gasteiger partial charge in [-0.2, -0.15) is 0 Å². The highest BCUT2D eigenvalue weighted by Crippen LogP contribution is 2.18. The van der Waals surface area contributed by atoms with Crippen LogP contribution >= 0.6 is 0 Å². The zero-order chi connectivity index (χ0) is 13.8. The van der Waals surface area contributed by atoms with E-state index in [2.05, 4.69) is 39.3 Å². The molecule has 0 saturated carbocycles. The van der Waals surface area contributed by atoms with Crippen molar-refractivity contribution in [2.75, 3.05) is 56.7 Å². The number of likely N-dealkylation sites (tertiary alicyclic amines) is 1. The second-order valence-electron chi connectivity index (χ2n) is 5.73. The predicted octanol–water partition coefficient (Wildman–Crippen LogP) is 1.42. The van der Waals surface area contributed by atoms with Crippen LogP contribution in [0, 0.1) is 0 Å². The van der Waals surface area contributed by atoms with Crippen LogP contribution < -0.4 is 10.2 Å². The fourth-order valence-electron chi connectivity index (χ4n) is 2.84. The number of aromatic nitrogens is 1. The smallest absolute Gasteiger partial charge is 0.128 e. The number of pyridine rings is 1. The first-order chi connectivity index (χ1) is 9.81. The highest BCUT2D eigenvalue weighted by atomic mass is 16.5. The van der Waals surface area contributed by atoms with Gasteiger partial charge in [0.25, 0.3) is 0 Å². The SMILES string of the molecule is CN1CCC(Nc2ccc(N3CCOCC3)nc2)CC1. The maximum absolute atomic E-state index is 5.37. The first kappa shape index (κ1) is 13.6. The first-order valence-electron chi connectivity index (χ1n) is 7.55. The van der Waals surface area contributed by atoms with Crippen LogP contribution in [0.5, 0.6) is 0 Å². The lowest BCUT2D eigenvalue weighted by atomic mass is 10.1. The van der Waals surface area contributed by atoms with Crippen molar-refractivity contribution in [3.8, 4) is 0 Å². The Hall–Kier alpha value is -1.33. The minimum Gasteiger partial charge on any atom is -0.381 e. The summed E-state index contributed by atoms with van der Waals surface area (Å²) in [5, 5.41) is 3.60. The van der Waals surface area contributed by atoms with E-state index in [9.17, 15) is 0 Å². The number of morpholine rings is 1. The molecule has 5 heteroatoms. The monoisotopic (exact) mass is 276 g/mol. The number of ether oxygens (including phenoxy) is 1. The van der Waals surface area contributed by atoms with Crippen LogP contribution in [0.25, 0.3) is 0 Å². The Balaban J connectivity index is 1.55. The highest BCUT2D eigenvalue weighted by molar-refractivity contribution is 5.49. The van der Waals surface area contributed by atoms with Crippen LogP contribution in [0.1, 0.15) is 12.8 Å². The predicted molar refractivity (Wildman–Crippen MR) is 81.4 cm³/mol. The van der Waals surface area contributed by atoms with Gasteiger partial charge >= 0.3 is 0 Å². The number of nitrogens with zero attached hydrogens (tertiary/aromatic N) is 3. The molecule has 0 aliphatic carbocycles. The molecule has 0 unspecified atom stereocenters. The summed E-state index contributed by atoms with van der Waals surface area (Å²) in [6.45, 7) is 5.84. The van der Waals surface area contributed by atoms with E-state index < -0.39 is 0 Å². The molecule has 1 N–H and O–H groups in total. The van der Waals surface area contributed by atoms with Crippen LogP contribution in [0.4, 0.5) is 11.5 Å². The topological polar surface area (TPSA) is 40.6 Å². The summed E-state index contributed by atoms with van der Waals surface area (Å²) in [6.07, 6.45) is 4.38. The van der Waals surface area contributed by atoms with Gasteiger partial charge in [-0.25, -0.2) is 4.98 Å². The first-order valence-corrected chi connectivity index (χ1v) is 7.55. The summed E-state index contributed by atoms with van der Waals surface area (Å²) in [5.74, 6) is 1.06. The van der Waals surface area contributed by atoms with Gasteiger partial charge in [0.05, 0.1) is 25.1 Å². The Labute approximate surface area is 120 Å². The van der Waals surface area contributed by atoms with E-state index in [1.165, 1.54) is 25.9 Å². The number of nitrogens with one attached hydrogen (secondary N) is 1. The number of hydrogen-bond acceptors (Lipinski definition) is 5. The molecule has 0 aromatic carbocycles. The van der Waals surface area contributed by atoms with Gasteiger partial charge in [-0.15, -0.1) is 0 Å². The van der Waals surface area contributed by atoms with Gasteiger partial charge in [-0.3, -0.25) is 0 Å². The summed E-state index contributed by atoms with van der Waals surface area (Å²) in [6, 6.07) is 4.85. The number of rotatable bonds is 3. The van der Waals surface area contributed by atoms with Gasteiger partial charge in [-0.05, 0) is 45.1 Å². The Kier molecular flexibility index (Phi) is 4.38. The van der Waals surface area contributed by atoms with Crippen molar-refractivity contribution in [3.63, 3.8) is 0 Å². The summed E-state index contributed by atoms with van der Waals surface area (Å²) < 4.78 is 5.37. The summed E-state index contributed by atoms with van der Waals surface area (Å²) in [4.78, 5) is 9.25. The van der Waals surface area contributed by atoms with Gasteiger partial charge in [0.1, 0.15) is 5.82 Å². The van der Waals surface area contributed by atoms with Crippen LogP contribution in [-0.2, 0) is 4.74 Å². The fourth-order valence-corrected chi connectivity index (χ4v) is 2.84. The molecule has 2 fully saturated rings. The number of piperidine rings is 1. The number of hydrogen-bond donors (Lipinski definition) is 1. The average molecular weight is 276 g/mol. The van der Waals surface area contributed by atoms with Crippen molar-refractivity contribution in [2.24, 2.45) is 0 Å². The molecule has 1 aromatic heterocycles. The van der Waals surface area contributed by atoms with Gasteiger partial charge < -0.3 is 19.9 Å². The lowest BCUT2D eigenvalue weighted by Crippen LogP contribution is -2.37. The lowest BCUT2D eigenvalue weighted by Gasteiger charge is -2.30. The molecule has 20 heavy (non-hydrogen) atoms. The molecule has 2 saturated heterocycles. The van der Waals surface area contributed by atoms with Gasteiger partial charge in [0.15, 0.2) is 0 Å². The maximum Gasteiger partial charge on any atom is 0.128 e. The van der Waals surface area contributed by atoms with E-state index in [-0.39, 0.29) is 0 Å². The van der Waals surface area contributed by atoms with Crippen molar-refractivity contribution in [1.82, 2.24) is 9.88 Å². The van der Waals surface area contributed by atoms with E-state index in [1.807, 2.05) is 6.20 Å². The van der Waals surface area contributed by atoms with E-state index in [4.69, 9.17) is 4.74 Å². The second kappa shape index (κ2) is 6.41. The molecule has 0 spiro atoms. The molecule has 110 valence electrons. The van der Waals surface area contributed by atoms with Crippen molar-refractivity contribution in [2.45, 2.75) is 18.9 Å². The van der Waals surface area contributed by atoms with E-state index in [0.717, 1.165) is 37.8 Å². The molecular weight excluding hydrogens is 252 g/mol. The minimum atomic E-state index is 0.585. The van der Waals surface area contributed by atoms with Crippen molar-refractivity contribution < 1.29 is 4.74 Å². The molecule has 2 aliphatic rings. The summed E-state index contributed by atoms with van der Waals surface area (Å²) in [7, 11) is 2.19. The fraction of sp³-hybridized carbons (Fsp3) is 0.667. The molecule has 3 heterocycles. The van der Waals surface area contributed by atoms with Gasteiger partial charge in [0.2, 0.25) is 0 Å². The van der Waals surface area contributed by atoms with Crippen LogP contribution in [-0.4, -0.2) is 62.4 Å². The molecule has 0 atom stereocenters. The van der Waals surface area contributed by atoms with Gasteiger partial charge in [-0.1, -0.05) is 0 Å². The standard InChI is InChI=1S/C15H24N4O/c1-18-6-4-13(5-7-18)17-14-2-3-15(16-12-14)19-8-10-20-11-9-19/h2-3,12-13,17H,4-11H2,1H3. The lowest BCUT2D eigenvalue weighted by molar-refractivity contribution is 0.122. The molecule has 1 aromatic rings. The quantitative estimate of drug-likeness (QED) is 0.904. The maximum atomic E-state index is 5.37. The molecule has 0 amide bonds. The average Bonchev–Trinajstić information content (AvgIpc) is 2.51. The Morgan fingerprint density at radius 2 is 1.90 bits per heavy atom. The second-order valence-corrected chi connectivity index (χ2v) is 5.73. The van der Waals surface area contributed by atoms with Crippen molar-refractivity contribution >= 4 is 11.5 Å². The zero-order valence-electron chi connectivity index (χ0n) is 12.2. The summed E-state index contributed by atoms with van der Waals surface area (Å²) in [5.41, 5.74) is 1.14. The van der Waals surface area contributed by atoms with Crippen molar-refractivity contribution in [1.29, 1.82) is 0 Å².